The Hall–Kier alpha value is -4.65. The van der Waals surface area contributed by atoms with Crippen LogP contribution in [0, 0.1) is 17.5 Å². The number of aliphatic hydroxyl groups is 1. The molecule has 3 aliphatic heterocycles. The van der Waals surface area contributed by atoms with E-state index in [4.69, 9.17) is 9.57 Å². The first-order chi connectivity index (χ1) is 21.0. The van der Waals surface area contributed by atoms with Gasteiger partial charge in [-0.3, -0.25) is 14.4 Å². The largest absolute Gasteiger partial charge is 0.483 e. The Morgan fingerprint density at radius 2 is 1.89 bits per heavy atom. The molecule has 230 valence electrons. The maximum Gasteiger partial charge on any atom is 0.274 e. The van der Waals surface area contributed by atoms with Gasteiger partial charge in [0.1, 0.15) is 35.7 Å². The summed E-state index contributed by atoms with van der Waals surface area (Å²) >= 11 is 0. The number of nitrogens with zero attached hydrogens (tertiary/aromatic N) is 3. The van der Waals surface area contributed by atoms with Crippen molar-refractivity contribution in [3.63, 3.8) is 0 Å². The average Bonchev–Trinajstić information content (AvgIpc) is 3.20. The molecule has 0 saturated carbocycles. The van der Waals surface area contributed by atoms with Crippen molar-refractivity contribution >= 4 is 17.5 Å². The number of nitrogens with one attached hydrogen (secondary N) is 1. The van der Waals surface area contributed by atoms with Gasteiger partial charge < -0.3 is 29.5 Å². The number of hydrogen-bond acceptors (Lipinski definition) is 7. The second kappa shape index (κ2) is 11.1. The molecule has 44 heavy (non-hydrogen) atoms. The number of oxime groups is 1. The van der Waals surface area contributed by atoms with Crippen LogP contribution in [0.4, 0.5) is 13.2 Å². The van der Waals surface area contributed by atoms with Crippen LogP contribution in [-0.2, 0) is 18.0 Å². The highest BCUT2D eigenvalue weighted by molar-refractivity contribution is 5.99. The topological polar surface area (TPSA) is 122 Å². The van der Waals surface area contributed by atoms with E-state index in [0.717, 1.165) is 0 Å². The van der Waals surface area contributed by atoms with Crippen LogP contribution in [0.15, 0.2) is 58.6 Å². The number of benzene rings is 2. The van der Waals surface area contributed by atoms with E-state index in [9.17, 15) is 32.7 Å². The SMILES string of the molecule is CC1=NOC2(CCC(C)N3CC2n2cc(C(=O)NCc4c(F)cc(F)cc4F)c(=O)c(OCc4ccccc4)c2C3=O)C1O. The molecule has 0 radical (unpaired) electrons. The molecule has 2 aromatic carbocycles. The summed E-state index contributed by atoms with van der Waals surface area (Å²) in [6.45, 7) is 2.76. The smallest absolute Gasteiger partial charge is 0.274 e. The molecule has 0 aliphatic carbocycles. The zero-order chi connectivity index (χ0) is 31.3. The van der Waals surface area contributed by atoms with Crippen molar-refractivity contribution in [2.45, 2.75) is 63.6 Å². The monoisotopic (exact) mass is 610 g/mol. The number of carbonyl (C=O) groups excluding carboxylic acids is 2. The van der Waals surface area contributed by atoms with Gasteiger partial charge in [0, 0.05) is 43.0 Å². The molecule has 4 heterocycles. The molecule has 2 amide bonds. The first-order valence-electron chi connectivity index (χ1n) is 14.1. The van der Waals surface area contributed by atoms with E-state index >= 15 is 0 Å². The minimum absolute atomic E-state index is 0.0842. The Morgan fingerprint density at radius 3 is 2.55 bits per heavy atom. The van der Waals surface area contributed by atoms with Crippen LogP contribution >= 0.6 is 0 Å². The van der Waals surface area contributed by atoms with Crippen molar-refractivity contribution in [3.8, 4) is 5.75 Å². The average molecular weight is 611 g/mol. The maximum absolute atomic E-state index is 14.3. The van der Waals surface area contributed by atoms with Crippen LogP contribution < -0.4 is 15.5 Å². The van der Waals surface area contributed by atoms with Crippen molar-refractivity contribution in [1.29, 1.82) is 0 Å². The van der Waals surface area contributed by atoms with Crippen molar-refractivity contribution in [3.05, 3.63) is 98.7 Å². The third-order valence-corrected chi connectivity index (χ3v) is 8.63. The van der Waals surface area contributed by atoms with Crippen molar-refractivity contribution < 1.29 is 37.4 Å². The summed E-state index contributed by atoms with van der Waals surface area (Å²) in [5.41, 5.74) is -2.40. The van der Waals surface area contributed by atoms with Crippen LogP contribution in [0.3, 0.4) is 0 Å². The lowest BCUT2D eigenvalue weighted by Gasteiger charge is -2.43. The second-order valence-electron chi connectivity index (χ2n) is 11.3. The minimum Gasteiger partial charge on any atom is -0.483 e. The van der Waals surface area contributed by atoms with Gasteiger partial charge in [0.05, 0.1) is 11.8 Å². The maximum atomic E-state index is 14.3. The van der Waals surface area contributed by atoms with Gasteiger partial charge in [0.2, 0.25) is 5.43 Å². The van der Waals surface area contributed by atoms with E-state index in [-0.39, 0.29) is 24.9 Å². The predicted octanol–water partition coefficient (Wildman–Crippen LogP) is 3.46. The number of hydrogen-bond donors (Lipinski definition) is 2. The van der Waals surface area contributed by atoms with Gasteiger partial charge in [-0.2, -0.15) is 0 Å². The number of fused-ring (bicyclic) bond motifs is 5. The highest BCUT2D eigenvalue weighted by Crippen LogP contribution is 2.46. The van der Waals surface area contributed by atoms with E-state index < -0.39 is 75.9 Å². The summed E-state index contributed by atoms with van der Waals surface area (Å²) in [7, 11) is 0. The first-order valence-corrected chi connectivity index (χ1v) is 14.1. The number of aromatic nitrogens is 1. The molecule has 3 aromatic rings. The molecule has 2 N–H and O–H groups in total. The Balaban J connectivity index is 1.47. The summed E-state index contributed by atoms with van der Waals surface area (Å²) in [6, 6.07) is 8.76. The molecular formula is C31H29F3N4O6. The van der Waals surface area contributed by atoms with Gasteiger partial charge in [0.25, 0.3) is 11.8 Å². The van der Waals surface area contributed by atoms with Gasteiger partial charge in [-0.15, -0.1) is 0 Å². The molecule has 1 fully saturated rings. The lowest BCUT2D eigenvalue weighted by Crippen LogP contribution is -2.56. The summed E-state index contributed by atoms with van der Waals surface area (Å²) in [5.74, 6) is -5.44. The van der Waals surface area contributed by atoms with Gasteiger partial charge in [-0.25, -0.2) is 13.2 Å². The van der Waals surface area contributed by atoms with Crippen molar-refractivity contribution in [2.75, 3.05) is 6.54 Å². The molecule has 6 rings (SSSR count). The lowest BCUT2D eigenvalue weighted by molar-refractivity contribution is -0.114. The Labute approximate surface area is 249 Å². The quantitative estimate of drug-likeness (QED) is 0.441. The number of carbonyl (C=O) groups is 2. The summed E-state index contributed by atoms with van der Waals surface area (Å²) in [5, 5.41) is 17.6. The minimum atomic E-state index is -1.32. The molecule has 13 heteroatoms. The zero-order valence-electron chi connectivity index (χ0n) is 23.9. The van der Waals surface area contributed by atoms with Gasteiger partial charge >= 0.3 is 0 Å². The van der Waals surface area contributed by atoms with Crippen molar-refractivity contribution in [1.82, 2.24) is 14.8 Å². The fourth-order valence-electron chi connectivity index (χ4n) is 6.15. The molecule has 1 spiro atoms. The van der Waals surface area contributed by atoms with Gasteiger partial charge in [-0.1, -0.05) is 35.5 Å². The molecule has 1 saturated heterocycles. The number of halogens is 3. The van der Waals surface area contributed by atoms with Gasteiger partial charge in [-0.05, 0) is 32.3 Å². The van der Waals surface area contributed by atoms with Crippen LogP contribution in [0.2, 0.25) is 0 Å². The lowest BCUT2D eigenvalue weighted by atomic mass is 9.82. The number of ether oxygens (including phenoxy) is 1. The fraction of sp³-hybridized carbons (Fsp3) is 0.355. The number of amides is 2. The standard InChI is InChI=1S/C31H29F3N4O6/c1-16-8-9-31(28(40)17(2)36-44-31)24-14-37(16)30(42)25-27(43-15-18-6-4-3-5-7-18)26(39)21(13-38(24)25)29(41)35-12-20-22(33)10-19(32)11-23(20)34/h3-7,10-11,13,16,24,28,40H,8-9,12,14-15H2,1-2H3,(H,35,41). The predicted molar refractivity (Wildman–Crippen MR) is 151 cm³/mol. The van der Waals surface area contributed by atoms with E-state index in [1.54, 1.807) is 42.2 Å². The molecule has 2 bridgehead atoms. The Morgan fingerprint density at radius 1 is 1.18 bits per heavy atom. The number of aliphatic hydroxyl groups excluding tert-OH is 1. The van der Waals surface area contributed by atoms with Crippen LogP contribution in [-0.4, -0.2) is 56.4 Å². The molecular weight excluding hydrogens is 581 g/mol. The highest BCUT2D eigenvalue weighted by Gasteiger charge is 2.58. The highest BCUT2D eigenvalue weighted by atomic mass is 19.1. The molecule has 3 aliphatic rings. The summed E-state index contributed by atoms with van der Waals surface area (Å²) in [6.07, 6.45) is 0.807. The third kappa shape index (κ3) is 4.80. The van der Waals surface area contributed by atoms with Crippen LogP contribution in [0.1, 0.15) is 64.7 Å². The van der Waals surface area contributed by atoms with Crippen molar-refractivity contribution in [2.24, 2.45) is 5.16 Å². The summed E-state index contributed by atoms with van der Waals surface area (Å²) < 4.78 is 49.4. The molecule has 1 aromatic heterocycles. The Bertz CT molecular complexity index is 1720. The molecule has 4 atom stereocenters. The Kier molecular flexibility index (Phi) is 7.44. The number of rotatable bonds is 6. The first kappa shape index (κ1) is 29.4. The van der Waals surface area contributed by atoms with E-state index in [1.165, 1.54) is 10.8 Å². The van der Waals surface area contributed by atoms with Gasteiger partial charge in [0.15, 0.2) is 17.0 Å². The van der Waals surface area contributed by atoms with E-state index in [0.29, 0.717) is 36.2 Å². The van der Waals surface area contributed by atoms with E-state index in [1.807, 2.05) is 6.92 Å². The van der Waals surface area contributed by atoms with Crippen LogP contribution in [0.25, 0.3) is 0 Å². The second-order valence-corrected chi connectivity index (χ2v) is 11.3. The molecule has 4 unspecified atom stereocenters. The van der Waals surface area contributed by atoms with Crippen LogP contribution in [0.5, 0.6) is 5.75 Å². The zero-order valence-corrected chi connectivity index (χ0v) is 23.9. The summed E-state index contributed by atoms with van der Waals surface area (Å²) in [4.78, 5) is 48.8. The fourth-order valence-corrected chi connectivity index (χ4v) is 6.15. The normalized spacial score (nSPS) is 24.0. The molecule has 10 nitrogen and oxygen atoms in total. The van der Waals surface area contributed by atoms with E-state index in [2.05, 4.69) is 10.5 Å². The number of pyridine rings is 1. The third-order valence-electron chi connectivity index (χ3n) is 8.63.